The average molecular weight is 274 g/mol. The van der Waals surface area contributed by atoms with Crippen LogP contribution in [0.4, 0.5) is 0 Å². The fraction of sp³-hybridized carbons (Fsp3) is 0.400. The second-order valence-electron chi connectivity index (χ2n) is 4.87. The van der Waals surface area contributed by atoms with E-state index in [0.29, 0.717) is 5.92 Å². The molecular formula is C15H18N2OS. The van der Waals surface area contributed by atoms with Crippen LogP contribution in [0.15, 0.2) is 35.2 Å². The van der Waals surface area contributed by atoms with Crippen LogP contribution in [0.1, 0.15) is 12.8 Å². The molecule has 0 atom stereocenters. The Morgan fingerprint density at radius 2 is 2.21 bits per heavy atom. The second-order valence-corrected chi connectivity index (χ2v) is 5.65. The first-order valence-electron chi connectivity index (χ1n) is 6.74. The van der Waals surface area contributed by atoms with Gasteiger partial charge in [-0.1, -0.05) is 0 Å². The summed E-state index contributed by atoms with van der Waals surface area (Å²) in [7, 11) is 0. The van der Waals surface area contributed by atoms with Gasteiger partial charge in [0.05, 0.1) is 6.61 Å². The molecule has 1 saturated heterocycles. The van der Waals surface area contributed by atoms with Gasteiger partial charge in [0, 0.05) is 11.8 Å². The van der Waals surface area contributed by atoms with Crippen LogP contribution in [0.2, 0.25) is 0 Å². The van der Waals surface area contributed by atoms with Gasteiger partial charge in [0.1, 0.15) is 0 Å². The van der Waals surface area contributed by atoms with Crippen molar-refractivity contribution in [1.29, 1.82) is 0 Å². The largest absolute Gasteiger partial charge is 0.477 e. The number of aromatic nitrogens is 1. The fourth-order valence-electron chi connectivity index (χ4n) is 2.39. The lowest BCUT2D eigenvalue weighted by Crippen LogP contribution is -2.30. The van der Waals surface area contributed by atoms with E-state index in [9.17, 15) is 0 Å². The number of hydrogen-bond donors (Lipinski definition) is 1. The normalized spacial score (nSPS) is 16.4. The maximum absolute atomic E-state index is 5.97. The molecule has 3 rings (SSSR count). The van der Waals surface area contributed by atoms with Gasteiger partial charge in [-0.05, 0) is 66.4 Å². The van der Waals surface area contributed by atoms with E-state index in [1.807, 2.05) is 6.07 Å². The van der Waals surface area contributed by atoms with E-state index in [1.54, 1.807) is 17.5 Å². The Kier molecular flexibility index (Phi) is 4.10. The molecule has 0 amide bonds. The minimum Gasteiger partial charge on any atom is -0.477 e. The predicted octanol–water partition coefficient (Wildman–Crippen LogP) is 3.19. The topological polar surface area (TPSA) is 34.1 Å². The molecule has 19 heavy (non-hydrogen) atoms. The van der Waals surface area contributed by atoms with Crippen molar-refractivity contribution in [2.75, 3.05) is 19.7 Å². The number of pyridine rings is 1. The summed E-state index contributed by atoms with van der Waals surface area (Å²) in [6, 6.07) is 6.15. The molecule has 1 aliphatic rings. The smallest absolute Gasteiger partial charge is 0.221 e. The zero-order valence-corrected chi connectivity index (χ0v) is 11.7. The SMILES string of the molecule is c1cnc(OCC2CCNCC2)c(-c2ccsc2)c1. The first-order valence-corrected chi connectivity index (χ1v) is 7.69. The highest BCUT2D eigenvalue weighted by Crippen LogP contribution is 2.29. The van der Waals surface area contributed by atoms with Crippen LogP contribution in [0.3, 0.4) is 0 Å². The van der Waals surface area contributed by atoms with Crippen LogP contribution in [0.25, 0.3) is 11.1 Å². The van der Waals surface area contributed by atoms with Crippen molar-refractivity contribution in [3.63, 3.8) is 0 Å². The lowest BCUT2D eigenvalue weighted by atomic mass is 9.99. The maximum atomic E-state index is 5.97. The lowest BCUT2D eigenvalue weighted by molar-refractivity contribution is 0.210. The zero-order chi connectivity index (χ0) is 12.9. The van der Waals surface area contributed by atoms with Crippen LogP contribution in [0, 0.1) is 5.92 Å². The summed E-state index contributed by atoms with van der Waals surface area (Å²) in [6.07, 6.45) is 4.19. The molecule has 4 heteroatoms. The van der Waals surface area contributed by atoms with E-state index in [1.165, 1.54) is 18.4 Å². The van der Waals surface area contributed by atoms with Gasteiger partial charge < -0.3 is 10.1 Å². The molecule has 1 aliphatic heterocycles. The Morgan fingerprint density at radius 3 is 3.00 bits per heavy atom. The van der Waals surface area contributed by atoms with Gasteiger partial charge in [-0.15, -0.1) is 0 Å². The molecule has 2 aromatic rings. The van der Waals surface area contributed by atoms with Crippen LogP contribution < -0.4 is 10.1 Å². The van der Waals surface area contributed by atoms with Crippen molar-refractivity contribution in [3.8, 4) is 17.0 Å². The summed E-state index contributed by atoms with van der Waals surface area (Å²) in [5.41, 5.74) is 2.29. The molecule has 0 saturated carbocycles. The zero-order valence-electron chi connectivity index (χ0n) is 10.8. The van der Waals surface area contributed by atoms with Gasteiger partial charge in [-0.25, -0.2) is 4.98 Å². The van der Waals surface area contributed by atoms with Gasteiger partial charge in [0.25, 0.3) is 0 Å². The number of piperidine rings is 1. The third-order valence-electron chi connectivity index (χ3n) is 3.52. The Morgan fingerprint density at radius 1 is 1.32 bits per heavy atom. The predicted molar refractivity (Wildman–Crippen MR) is 78.6 cm³/mol. The monoisotopic (exact) mass is 274 g/mol. The van der Waals surface area contributed by atoms with E-state index >= 15 is 0 Å². The summed E-state index contributed by atoms with van der Waals surface area (Å²) in [6.45, 7) is 2.98. The molecule has 0 spiro atoms. The highest BCUT2D eigenvalue weighted by molar-refractivity contribution is 7.08. The Bertz CT molecular complexity index is 507. The molecule has 0 unspecified atom stereocenters. The Hall–Kier alpha value is -1.39. The van der Waals surface area contributed by atoms with E-state index < -0.39 is 0 Å². The van der Waals surface area contributed by atoms with Gasteiger partial charge in [-0.3, -0.25) is 0 Å². The van der Waals surface area contributed by atoms with E-state index in [-0.39, 0.29) is 0 Å². The molecule has 1 N–H and O–H groups in total. The molecular weight excluding hydrogens is 256 g/mol. The number of ether oxygens (including phenoxy) is 1. The van der Waals surface area contributed by atoms with Crippen LogP contribution in [0.5, 0.6) is 5.88 Å². The summed E-state index contributed by atoms with van der Waals surface area (Å²) in [5.74, 6) is 1.41. The lowest BCUT2D eigenvalue weighted by Gasteiger charge is -2.22. The standard InChI is InChI=1S/C15H18N2OS/c1-2-14(13-5-9-19-11-13)15(17-6-1)18-10-12-3-7-16-8-4-12/h1-2,5-6,9,11-12,16H,3-4,7-8,10H2. The molecule has 0 bridgehead atoms. The number of rotatable bonds is 4. The molecule has 100 valence electrons. The van der Waals surface area contributed by atoms with Gasteiger partial charge in [0.15, 0.2) is 0 Å². The average Bonchev–Trinajstić information content (AvgIpc) is 3.01. The molecule has 0 aliphatic carbocycles. The number of hydrogen-bond acceptors (Lipinski definition) is 4. The van der Waals surface area contributed by atoms with E-state index in [0.717, 1.165) is 31.1 Å². The Labute approximate surface area is 117 Å². The first kappa shape index (κ1) is 12.6. The van der Waals surface area contributed by atoms with Crippen molar-refractivity contribution in [3.05, 3.63) is 35.2 Å². The number of nitrogens with one attached hydrogen (secondary N) is 1. The van der Waals surface area contributed by atoms with Crippen LogP contribution >= 0.6 is 11.3 Å². The van der Waals surface area contributed by atoms with Crippen molar-refractivity contribution < 1.29 is 4.74 Å². The van der Waals surface area contributed by atoms with E-state index in [2.05, 4.69) is 33.2 Å². The van der Waals surface area contributed by atoms with E-state index in [4.69, 9.17) is 4.74 Å². The summed E-state index contributed by atoms with van der Waals surface area (Å²) < 4.78 is 5.97. The molecule has 2 aromatic heterocycles. The summed E-state index contributed by atoms with van der Waals surface area (Å²) in [5, 5.41) is 7.59. The minimum absolute atomic E-state index is 0.651. The summed E-state index contributed by atoms with van der Waals surface area (Å²) in [4.78, 5) is 4.39. The van der Waals surface area contributed by atoms with Gasteiger partial charge in [0.2, 0.25) is 5.88 Å². The summed E-state index contributed by atoms with van der Waals surface area (Å²) >= 11 is 1.70. The molecule has 0 aromatic carbocycles. The van der Waals surface area contributed by atoms with Crippen LogP contribution in [-0.2, 0) is 0 Å². The molecule has 3 nitrogen and oxygen atoms in total. The number of nitrogens with zero attached hydrogens (tertiary/aromatic N) is 1. The third-order valence-corrected chi connectivity index (χ3v) is 4.20. The number of thiophene rings is 1. The van der Waals surface area contributed by atoms with Crippen molar-refractivity contribution >= 4 is 11.3 Å². The molecule has 3 heterocycles. The highest BCUT2D eigenvalue weighted by atomic mass is 32.1. The first-order chi connectivity index (χ1) is 9.43. The molecule has 0 radical (unpaired) electrons. The quantitative estimate of drug-likeness (QED) is 0.929. The maximum Gasteiger partial charge on any atom is 0.221 e. The van der Waals surface area contributed by atoms with Gasteiger partial charge >= 0.3 is 0 Å². The minimum atomic E-state index is 0.651. The van der Waals surface area contributed by atoms with Crippen molar-refractivity contribution in [1.82, 2.24) is 10.3 Å². The third kappa shape index (κ3) is 3.14. The van der Waals surface area contributed by atoms with Crippen molar-refractivity contribution in [2.45, 2.75) is 12.8 Å². The second kappa shape index (κ2) is 6.17. The van der Waals surface area contributed by atoms with Gasteiger partial charge in [-0.2, -0.15) is 11.3 Å². The Balaban J connectivity index is 1.70. The van der Waals surface area contributed by atoms with Crippen molar-refractivity contribution in [2.24, 2.45) is 5.92 Å². The highest BCUT2D eigenvalue weighted by Gasteiger charge is 2.15. The fourth-order valence-corrected chi connectivity index (χ4v) is 3.04. The van der Waals surface area contributed by atoms with Crippen LogP contribution in [-0.4, -0.2) is 24.7 Å². The molecule has 1 fully saturated rings.